The summed E-state index contributed by atoms with van der Waals surface area (Å²) in [5.41, 5.74) is 3.63. The number of ether oxygens (including phenoxy) is 1. The van der Waals surface area contributed by atoms with Crippen LogP contribution in [-0.2, 0) is 16.6 Å². The van der Waals surface area contributed by atoms with Crippen molar-refractivity contribution in [3.05, 3.63) is 59.7 Å². The summed E-state index contributed by atoms with van der Waals surface area (Å²) >= 11 is 0. The number of fused-ring (bicyclic) bond motifs is 1. The summed E-state index contributed by atoms with van der Waals surface area (Å²) in [6.45, 7) is 9.14. The third-order valence-corrected chi connectivity index (χ3v) is 4.76. The second-order valence-corrected chi connectivity index (χ2v) is 7.76. The normalized spacial score (nSPS) is 15.4. The molecule has 1 aliphatic heterocycles. The van der Waals surface area contributed by atoms with Crippen LogP contribution in [0.15, 0.2) is 48.5 Å². The van der Waals surface area contributed by atoms with Gasteiger partial charge in [0.2, 0.25) is 0 Å². The molecule has 2 aromatic carbocycles. The molecule has 1 atom stereocenters. The van der Waals surface area contributed by atoms with Gasteiger partial charge in [0.1, 0.15) is 5.75 Å². The maximum absolute atomic E-state index is 12.9. The molecule has 0 N–H and O–H groups in total. The molecule has 0 radical (unpaired) electrons. The molecule has 0 aliphatic carbocycles. The van der Waals surface area contributed by atoms with Crippen LogP contribution in [0.5, 0.6) is 5.75 Å². The second kappa shape index (κ2) is 6.91. The van der Waals surface area contributed by atoms with E-state index >= 15 is 0 Å². The van der Waals surface area contributed by atoms with Crippen LogP contribution < -0.4 is 9.64 Å². The largest absolute Gasteiger partial charge is 0.481 e. The van der Waals surface area contributed by atoms with Crippen LogP contribution in [-0.4, -0.2) is 18.6 Å². The first-order chi connectivity index (χ1) is 11.9. The zero-order valence-electron chi connectivity index (χ0n) is 15.6. The van der Waals surface area contributed by atoms with Gasteiger partial charge >= 0.3 is 0 Å². The Labute approximate surface area is 150 Å². The number of rotatable bonds is 3. The van der Waals surface area contributed by atoms with E-state index < -0.39 is 6.10 Å². The minimum absolute atomic E-state index is 0.0204. The molecule has 1 amide bonds. The SMILES string of the molecule is C[C@H](Oc1ccc(C(C)(C)C)cc1)C(=O)N1CCCc2ccccc21. The van der Waals surface area contributed by atoms with Crippen molar-refractivity contribution in [1.29, 1.82) is 0 Å². The summed E-state index contributed by atoms with van der Waals surface area (Å²) < 4.78 is 5.92. The number of anilines is 1. The molecule has 132 valence electrons. The van der Waals surface area contributed by atoms with Crippen LogP contribution in [0.3, 0.4) is 0 Å². The summed E-state index contributed by atoms with van der Waals surface area (Å²) in [5, 5.41) is 0. The third kappa shape index (κ3) is 3.87. The third-order valence-electron chi connectivity index (χ3n) is 4.76. The Morgan fingerprint density at radius 3 is 2.44 bits per heavy atom. The highest BCUT2D eigenvalue weighted by atomic mass is 16.5. The quantitative estimate of drug-likeness (QED) is 0.810. The Bertz CT molecular complexity index is 743. The van der Waals surface area contributed by atoms with Crippen LogP contribution in [0.25, 0.3) is 0 Å². The zero-order valence-corrected chi connectivity index (χ0v) is 15.6. The number of hydrogen-bond acceptors (Lipinski definition) is 2. The number of carbonyl (C=O) groups excluding carboxylic acids is 1. The molecule has 3 rings (SSSR count). The fourth-order valence-electron chi connectivity index (χ4n) is 3.27. The number of hydrogen-bond donors (Lipinski definition) is 0. The highest BCUT2D eigenvalue weighted by Crippen LogP contribution is 2.28. The van der Waals surface area contributed by atoms with Crippen molar-refractivity contribution in [2.24, 2.45) is 0 Å². The van der Waals surface area contributed by atoms with Gasteiger partial charge < -0.3 is 9.64 Å². The fourth-order valence-corrected chi connectivity index (χ4v) is 3.27. The minimum Gasteiger partial charge on any atom is -0.481 e. The fraction of sp³-hybridized carbons (Fsp3) is 0.409. The lowest BCUT2D eigenvalue weighted by Crippen LogP contribution is -2.43. The lowest BCUT2D eigenvalue weighted by atomic mass is 9.87. The Kier molecular flexibility index (Phi) is 4.85. The molecule has 0 aromatic heterocycles. The van der Waals surface area contributed by atoms with Crippen LogP contribution in [0.1, 0.15) is 45.2 Å². The Hall–Kier alpha value is -2.29. The lowest BCUT2D eigenvalue weighted by molar-refractivity contribution is -0.124. The van der Waals surface area contributed by atoms with E-state index in [2.05, 4.69) is 39.0 Å². The molecule has 0 bridgehead atoms. The van der Waals surface area contributed by atoms with E-state index in [1.54, 1.807) is 0 Å². The number of amides is 1. The van der Waals surface area contributed by atoms with E-state index in [0.717, 1.165) is 30.8 Å². The predicted octanol–water partition coefficient (Wildman–Crippen LogP) is 4.73. The first-order valence-electron chi connectivity index (χ1n) is 9.03. The topological polar surface area (TPSA) is 29.5 Å². The van der Waals surface area contributed by atoms with E-state index in [9.17, 15) is 4.79 Å². The zero-order chi connectivity index (χ0) is 18.0. The van der Waals surface area contributed by atoms with E-state index in [-0.39, 0.29) is 11.3 Å². The van der Waals surface area contributed by atoms with Crippen molar-refractivity contribution in [2.45, 2.75) is 52.1 Å². The van der Waals surface area contributed by atoms with Gasteiger partial charge in [-0.05, 0) is 54.5 Å². The summed E-state index contributed by atoms with van der Waals surface area (Å²) in [7, 11) is 0. The Morgan fingerprint density at radius 2 is 1.76 bits per heavy atom. The van der Waals surface area contributed by atoms with E-state index in [1.807, 2.05) is 42.2 Å². The summed E-state index contributed by atoms with van der Waals surface area (Å²) in [5.74, 6) is 0.756. The molecule has 25 heavy (non-hydrogen) atoms. The first kappa shape index (κ1) is 17.5. The number of aryl methyl sites for hydroxylation is 1. The van der Waals surface area contributed by atoms with Crippen molar-refractivity contribution in [3.63, 3.8) is 0 Å². The molecule has 3 heteroatoms. The first-order valence-corrected chi connectivity index (χ1v) is 9.03. The maximum atomic E-state index is 12.9. The van der Waals surface area contributed by atoms with Crippen LogP contribution >= 0.6 is 0 Å². The number of para-hydroxylation sites is 1. The van der Waals surface area contributed by atoms with Crippen molar-refractivity contribution in [1.82, 2.24) is 0 Å². The number of nitrogens with zero attached hydrogens (tertiary/aromatic N) is 1. The van der Waals surface area contributed by atoms with Crippen LogP contribution in [0, 0.1) is 0 Å². The van der Waals surface area contributed by atoms with Gasteiger partial charge in [-0.25, -0.2) is 0 Å². The average molecular weight is 337 g/mol. The van der Waals surface area contributed by atoms with Gasteiger partial charge in [-0.15, -0.1) is 0 Å². The lowest BCUT2D eigenvalue weighted by Gasteiger charge is -2.31. The predicted molar refractivity (Wildman–Crippen MR) is 102 cm³/mol. The molecule has 2 aromatic rings. The van der Waals surface area contributed by atoms with Crippen molar-refractivity contribution in [2.75, 3.05) is 11.4 Å². The van der Waals surface area contributed by atoms with Crippen molar-refractivity contribution < 1.29 is 9.53 Å². The summed E-state index contributed by atoms with van der Waals surface area (Å²) in [4.78, 5) is 14.8. The molecule has 1 aliphatic rings. The smallest absolute Gasteiger partial charge is 0.267 e. The van der Waals surface area contributed by atoms with E-state index in [1.165, 1.54) is 11.1 Å². The molecule has 0 saturated carbocycles. The Morgan fingerprint density at radius 1 is 1.08 bits per heavy atom. The molecule has 0 spiro atoms. The van der Waals surface area contributed by atoms with Crippen LogP contribution in [0.4, 0.5) is 5.69 Å². The van der Waals surface area contributed by atoms with Crippen LogP contribution in [0.2, 0.25) is 0 Å². The summed E-state index contributed by atoms with van der Waals surface area (Å²) in [6.07, 6.45) is 1.52. The highest BCUT2D eigenvalue weighted by molar-refractivity contribution is 5.97. The van der Waals surface area contributed by atoms with Gasteiger partial charge in [0.05, 0.1) is 0 Å². The monoisotopic (exact) mass is 337 g/mol. The molecule has 1 heterocycles. The van der Waals surface area contributed by atoms with Crippen molar-refractivity contribution >= 4 is 11.6 Å². The number of carbonyl (C=O) groups is 1. The Balaban J connectivity index is 1.71. The molecular formula is C22H27NO2. The number of benzene rings is 2. The molecule has 0 unspecified atom stereocenters. The highest BCUT2D eigenvalue weighted by Gasteiger charge is 2.27. The van der Waals surface area contributed by atoms with E-state index in [4.69, 9.17) is 4.74 Å². The molecular weight excluding hydrogens is 310 g/mol. The second-order valence-electron chi connectivity index (χ2n) is 7.76. The molecule has 0 fully saturated rings. The van der Waals surface area contributed by atoms with E-state index in [0.29, 0.717) is 0 Å². The molecule has 3 nitrogen and oxygen atoms in total. The van der Waals surface area contributed by atoms with Crippen molar-refractivity contribution in [3.8, 4) is 5.75 Å². The average Bonchev–Trinajstić information content (AvgIpc) is 2.60. The van der Waals surface area contributed by atoms with Gasteiger partial charge in [-0.2, -0.15) is 0 Å². The summed E-state index contributed by atoms with van der Waals surface area (Å²) in [6, 6.07) is 16.2. The van der Waals surface area contributed by atoms with Gasteiger partial charge in [-0.1, -0.05) is 51.1 Å². The standard InChI is InChI=1S/C22H27NO2/c1-16(25-19-13-11-18(12-14-19)22(2,3)4)21(24)23-15-7-9-17-8-5-6-10-20(17)23/h5-6,8,10-14,16H,7,9,15H2,1-4H3/t16-/m0/s1. The maximum Gasteiger partial charge on any atom is 0.267 e. The van der Waals surface area contributed by atoms with Gasteiger partial charge in [0, 0.05) is 12.2 Å². The van der Waals surface area contributed by atoms with Gasteiger partial charge in [0.25, 0.3) is 5.91 Å². The van der Waals surface area contributed by atoms with Gasteiger partial charge in [0.15, 0.2) is 6.10 Å². The minimum atomic E-state index is -0.508. The van der Waals surface area contributed by atoms with Gasteiger partial charge in [-0.3, -0.25) is 4.79 Å². The molecule has 0 saturated heterocycles.